The first-order valence-electron chi connectivity index (χ1n) is 11.1. The van der Waals surface area contributed by atoms with Gasteiger partial charge in [0.05, 0.1) is 18.2 Å². The van der Waals surface area contributed by atoms with E-state index in [1.807, 2.05) is 43.3 Å². The number of aliphatic hydroxyl groups is 1. The highest BCUT2D eigenvalue weighted by Gasteiger charge is 2.27. The number of nitrogens with zero attached hydrogens (tertiary/aromatic N) is 1. The molecule has 34 heavy (non-hydrogen) atoms. The molecule has 1 amide bonds. The van der Waals surface area contributed by atoms with Crippen molar-refractivity contribution >= 4 is 11.5 Å². The van der Waals surface area contributed by atoms with Crippen LogP contribution in [-0.4, -0.2) is 18.1 Å². The zero-order valence-corrected chi connectivity index (χ0v) is 19.2. The van der Waals surface area contributed by atoms with Crippen LogP contribution in [0.25, 0.3) is 5.57 Å². The van der Waals surface area contributed by atoms with Crippen molar-refractivity contribution in [1.29, 1.82) is 5.26 Å². The summed E-state index contributed by atoms with van der Waals surface area (Å²) in [5.74, 6) is 1.96. The van der Waals surface area contributed by atoms with Crippen molar-refractivity contribution in [3.63, 3.8) is 0 Å². The minimum atomic E-state index is -0.219. The van der Waals surface area contributed by atoms with Crippen LogP contribution in [-0.2, 0) is 17.8 Å². The van der Waals surface area contributed by atoms with Crippen molar-refractivity contribution in [2.24, 2.45) is 0 Å². The highest BCUT2D eigenvalue weighted by molar-refractivity contribution is 5.94. The van der Waals surface area contributed by atoms with Gasteiger partial charge in [-0.05, 0) is 78.4 Å². The summed E-state index contributed by atoms with van der Waals surface area (Å²) in [6.45, 7) is 1.68. The summed E-state index contributed by atoms with van der Waals surface area (Å²) in [6, 6.07) is 20.8. The molecule has 6 nitrogen and oxygen atoms in total. The third-order valence-corrected chi connectivity index (χ3v) is 5.95. The van der Waals surface area contributed by atoms with Gasteiger partial charge in [-0.25, -0.2) is 0 Å². The molecule has 1 aliphatic carbocycles. The third-order valence-electron chi connectivity index (χ3n) is 5.95. The average molecular weight is 455 g/mol. The van der Waals surface area contributed by atoms with Gasteiger partial charge in [-0.3, -0.25) is 4.79 Å². The van der Waals surface area contributed by atoms with E-state index < -0.39 is 0 Å². The van der Waals surface area contributed by atoms with E-state index in [0.717, 1.165) is 46.6 Å². The topological polar surface area (TPSA) is 91.6 Å². The number of carbonyl (C=O) groups is 1. The molecule has 0 saturated heterocycles. The Balaban J connectivity index is 1.50. The lowest BCUT2D eigenvalue weighted by atomic mass is 10.1. The number of amides is 1. The van der Waals surface area contributed by atoms with Gasteiger partial charge in [-0.15, -0.1) is 0 Å². The maximum atomic E-state index is 11.6. The second-order valence-electron chi connectivity index (χ2n) is 8.13. The molecule has 1 atom stereocenters. The van der Waals surface area contributed by atoms with Gasteiger partial charge in [0, 0.05) is 18.7 Å². The summed E-state index contributed by atoms with van der Waals surface area (Å²) in [5, 5.41) is 21.3. The molecule has 0 radical (unpaired) electrons. The van der Waals surface area contributed by atoms with Crippen LogP contribution in [0.3, 0.4) is 0 Å². The molecule has 1 unspecified atom stereocenters. The molecule has 4 rings (SSSR count). The maximum absolute atomic E-state index is 11.6. The van der Waals surface area contributed by atoms with Gasteiger partial charge < -0.3 is 19.9 Å². The maximum Gasteiger partial charge on any atom is 0.244 e. The molecule has 3 aromatic carbocycles. The van der Waals surface area contributed by atoms with Crippen LogP contribution in [0.4, 0.5) is 0 Å². The predicted molar refractivity (Wildman–Crippen MR) is 129 cm³/mol. The van der Waals surface area contributed by atoms with Gasteiger partial charge >= 0.3 is 0 Å². The van der Waals surface area contributed by atoms with Gasteiger partial charge in [0.2, 0.25) is 5.91 Å². The second kappa shape index (κ2) is 10.2. The van der Waals surface area contributed by atoms with E-state index >= 15 is 0 Å². The Morgan fingerprint density at radius 2 is 1.94 bits per heavy atom. The second-order valence-corrected chi connectivity index (χ2v) is 8.13. The molecule has 172 valence electrons. The third kappa shape index (κ3) is 4.95. The van der Waals surface area contributed by atoms with E-state index in [0.29, 0.717) is 16.9 Å². The van der Waals surface area contributed by atoms with Crippen LogP contribution in [0.5, 0.6) is 17.2 Å². The number of hydrogen-bond acceptors (Lipinski definition) is 5. The summed E-state index contributed by atoms with van der Waals surface area (Å²) in [5.41, 5.74) is 5.01. The lowest BCUT2D eigenvalue weighted by Crippen LogP contribution is -2.14. The fourth-order valence-electron chi connectivity index (χ4n) is 4.11. The number of fused-ring (bicyclic) bond motifs is 1. The molecule has 3 aromatic rings. The number of hydrogen-bond donors (Lipinski definition) is 2. The summed E-state index contributed by atoms with van der Waals surface area (Å²) in [7, 11) is 1.61. The normalized spacial score (nSPS) is 14.8. The van der Waals surface area contributed by atoms with Gasteiger partial charge in [0.25, 0.3) is 0 Å². The molecule has 6 heteroatoms. The number of benzene rings is 3. The smallest absolute Gasteiger partial charge is 0.244 e. The van der Waals surface area contributed by atoms with E-state index in [-0.39, 0.29) is 18.6 Å². The van der Waals surface area contributed by atoms with Crippen LogP contribution in [0.1, 0.15) is 47.3 Å². The number of ether oxygens (including phenoxy) is 2. The van der Waals surface area contributed by atoms with Gasteiger partial charge in [0.1, 0.15) is 23.4 Å². The number of allylic oxidation sites excluding steroid dienone is 1. The molecule has 0 bridgehead atoms. The highest BCUT2D eigenvalue weighted by atomic mass is 16.5. The molecule has 0 fully saturated rings. The minimum Gasteiger partial charge on any atom is -0.486 e. The Morgan fingerprint density at radius 3 is 2.65 bits per heavy atom. The van der Waals surface area contributed by atoms with E-state index in [1.54, 1.807) is 31.3 Å². The first-order chi connectivity index (χ1) is 16.5. The van der Waals surface area contributed by atoms with Crippen molar-refractivity contribution in [2.75, 3.05) is 7.05 Å². The van der Waals surface area contributed by atoms with Gasteiger partial charge in [-0.1, -0.05) is 24.3 Å². The van der Waals surface area contributed by atoms with E-state index in [4.69, 9.17) is 14.7 Å². The fourth-order valence-corrected chi connectivity index (χ4v) is 4.11. The number of nitrogens with one attached hydrogen (secondary N) is 1. The molecule has 0 spiro atoms. The van der Waals surface area contributed by atoms with Crippen molar-refractivity contribution < 1.29 is 19.4 Å². The molecule has 0 aliphatic heterocycles. The van der Waals surface area contributed by atoms with Crippen molar-refractivity contribution in [1.82, 2.24) is 5.32 Å². The number of likely N-dealkylation sites (N-methyl/N-ethyl adjacent to an activating group) is 1. The average Bonchev–Trinajstić information content (AvgIpc) is 3.27. The molecule has 0 heterocycles. The van der Waals surface area contributed by atoms with Crippen LogP contribution in [0.2, 0.25) is 0 Å². The largest absolute Gasteiger partial charge is 0.486 e. The summed E-state index contributed by atoms with van der Waals surface area (Å²) < 4.78 is 12.4. The number of rotatable bonds is 7. The molecule has 0 aromatic heterocycles. The van der Waals surface area contributed by atoms with Crippen LogP contribution in [0, 0.1) is 11.3 Å². The van der Waals surface area contributed by atoms with Crippen LogP contribution in [0.15, 0.2) is 66.7 Å². The lowest BCUT2D eigenvalue weighted by molar-refractivity contribution is -0.116. The zero-order chi connectivity index (χ0) is 24.1. The van der Waals surface area contributed by atoms with E-state index in [9.17, 15) is 9.90 Å². The van der Waals surface area contributed by atoms with Crippen LogP contribution >= 0.6 is 0 Å². The number of nitriles is 1. The van der Waals surface area contributed by atoms with Crippen molar-refractivity contribution in [3.8, 4) is 23.3 Å². The van der Waals surface area contributed by atoms with E-state index in [2.05, 4.69) is 17.5 Å². The van der Waals surface area contributed by atoms with Crippen molar-refractivity contribution in [3.05, 3.63) is 94.6 Å². The summed E-state index contributed by atoms with van der Waals surface area (Å²) >= 11 is 0. The number of carbonyl (C=O) groups excluding carboxylic acids is 1. The van der Waals surface area contributed by atoms with E-state index in [1.165, 1.54) is 0 Å². The SMILES string of the molecule is CNC(=O)/C=C(\C)c1ccc(OC2CCc3c(Oc4ccc(C#N)c(CO)c4)cccc32)cc1. The first-order valence-corrected chi connectivity index (χ1v) is 11.1. The number of aliphatic hydroxyl groups excluding tert-OH is 1. The zero-order valence-electron chi connectivity index (χ0n) is 19.2. The minimum absolute atomic E-state index is 0.0825. The monoisotopic (exact) mass is 454 g/mol. The quantitative estimate of drug-likeness (QED) is 0.487. The Bertz CT molecular complexity index is 1270. The Hall–Kier alpha value is -4.08. The summed E-state index contributed by atoms with van der Waals surface area (Å²) in [6.07, 6.45) is 3.15. The molecule has 1 aliphatic rings. The molecule has 2 N–H and O–H groups in total. The van der Waals surface area contributed by atoms with Gasteiger partial charge in [-0.2, -0.15) is 5.26 Å². The highest BCUT2D eigenvalue weighted by Crippen LogP contribution is 2.41. The molecular formula is C28H26N2O4. The summed E-state index contributed by atoms with van der Waals surface area (Å²) in [4.78, 5) is 11.6. The van der Waals surface area contributed by atoms with Crippen molar-refractivity contribution in [2.45, 2.75) is 32.5 Å². The standard InChI is InChI=1S/C28H26N2O4/c1-18(14-28(32)30-2)19-6-9-22(10-7-19)33-27-13-12-25-24(27)4-3-5-26(25)34-23-11-8-20(16-29)21(15-23)17-31/h3-11,14-15,27,31H,12-13,17H2,1-2H3,(H,30,32)/b18-14+. The molecule has 0 saturated carbocycles. The predicted octanol–water partition coefficient (Wildman–Crippen LogP) is 5.06. The Morgan fingerprint density at radius 1 is 1.18 bits per heavy atom. The first kappa shape index (κ1) is 23.1. The van der Waals surface area contributed by atoms with Gasteiger partial charge in [0.15, 0.2) is 0 Å². The Labute approximate surface area is 199 Å². The fraction of sp³-hybridized carbons (Fsp3) is 0.214. The Kier molecular flexibility index (Phi) is 6.95. The molecular weight excluding hydrogens is 428 g/mol. The lowest BCUT2D eigenvalue weighted by Gasteiger charge is -2.16. The van der Waals surface area contributed by atoms with Crippen LogP contribution < -0.4 is 14.8 Å².